The van der Waals surface area contributed by atoms with Gasteiger partial charge in [0.2, 0.25) is 0 Å². The molecule has 0 aliphatic rings. The van der Waals surface area contributed by atoms with E-state index in [1.165, 1.54) is 0 Å². The topological polar surface area (TPSA) is 121 Å². The van der Waals surface area contributed by atoms with Crippen LogP contribution in [0.4, 0.5) is 5.69 Å². The Morgan fingerprint density at radius 1 is 1.33 bits per heavy atom. The van der Waals surface area contributed by atoms with E-state index in [9.17, 15) is 23.1 Å². The zero-order valence-electron chi connectivity index (χ0n) is 7.58. The number of phenols is 1. The molecule has 15 heavy (non-hydrogen) atoms. The van der Waals surface area contributed by atoms with Crippen molar-refractivity contribution < 1.29 is 52.6 Å². The Balaban J connectivity index is 0.00000196. The predicted molar refractivity (Wildman–Crippen MR) is 42.7 cm³/mol. The molecule has 1 aromatic carbocycles. The number of hydrogen-bond acceptors (Lipinski definition) is 6. The van der Waals surface area contributed by atoms with Crippen molar-refractivity contribution >= 4 is 15.8 Å². The van der Waals surface area contributed by atoms with E-state index in [1.807, 2.05) is 0 Å². The molecule has 0 bridgehead atoms. The van der Waals surface area contributed by atoms with Crippen LogP contribution in [0, 0.1) is 10.1 Å². The number of aromatic hydroxyl groups is 1. The van der Waals surface area contributed by atoms with Crippen molar-refractivity contribution in [3.05, 3.63) is 28.3 Å². The van der Waals surface area contributed by atoms with Crippen molar-refractivity contribution in [2.45, 2.75) is 4.90 Å². The third-order valence-electron chi connectivity index (χ3n) is 1.43. The van der Waals surface area contributed by atoms with Gasteiger partial charge in [0.1, 0.15) is 10.1 Å². The average Bonchev–Trinajstić information content (AvgIpc) is 2.02. The van der Waals surface area contributed by atoms with Crippen LogP contribution in [0.5, 0.6) is 5.75 Å². The molecule has 0 saturated carbocycles. The van der Waals surface area contributed by atoms with Gasteiger partial charge in [-0.3, -0.25) is 10.1 Å². The van der Waals surface area contributed by atoms with E-state index in [4.69, 9.17) is 5.11 Å². The van der Waals surface area contributed by atoms with Crippen LogP contribution >= 0.6 is 0 Å². The second-order valence-electron chi connectivity index (χ2n) is 2.36. The average molecular weight is 241 g/mol. The fraction of sp³-hybridized carbons (Fsp3) is 0. The van der Waals surface area contributed by atoms with E-state index in [1.54, 1.807) is 0 Å². The van der Waals surface area contributed by atoms with Gasteiger partial charge in [-0.25, -0.2) is 8.42 Å². The quantitative estimate of drug-likeness (QED) is 0.258. The maximum Gasteiger partial charge on any atom is 1.00 e. The van der Waals surface area contributed by atoms with Crippen LogP contribution in [0.3, 0.4) is 0 Å². The maximum absolute atomic E-state index is 10.5. The van der Waals surface area contributed by atoms with Crippen molar-refractivity contribution in [1.82, 2.24) is 0 Å². The standard InChI is InChI=1S/C6H5NO6S.Na/c8-6-2-1-4(14(11,12)13)3-5(6)7(9)10;/h1-3,8H,(H,11,12,13);/q;+1/p-1. The zero-order valence-corrected chi connectivity index (χ0v) is 10.4. The Labute approximate surface area is 107 Å². The summed E-state index contributed by atoms with van der Waals surface area (Å²) in [7, 11) is -4.74. The summed E-state index contributed by atoms with van der Waals surface area (Å²) >= 11 is 0. The Bertz CT molecular complexity index is 484. The second-order valence-corrected chi connectivity index (χ2v) is 3.74. The van der Waals surface area contributed by atoms with Gasteiger partial charge in [0.05, 0.1) is 9.82 Å². The Kier molecular flexibility index (Phi) is 4.68. The van der Waals surface area contributed by atoms with Crippen molar-refractivity contribution in [2.24, 2.45) is 0 Å². The SMILES string of the molecule is O=[N+]([O-])c1cc(S(=O)(=O)[O-])ccc1O.[Na+]. The summed E-state index contributed by atoms with van der Waals surface area (Å²) in [6.07, 6.45) is 0. The number of hydrogen-bond donors (Lipinski definition) is 1. The van der Waals surface area contributed by atoms with E-state index in [0.29, 0.717) is 6.07 Å². The Morgan fingerprint density at radius 2 is 1.87 bits per heavy atom. The smallest absolute Gasteiger partial charge is 0.744 e. The molecule has 1 N–H and O–H groups in total. The number of nitrogens with zero attached hydrogens (tertiary/aromatic N) is 1. The first kappa shape index (κ1) is 14.3. The number of nitro benzene ring substituents is 1. The molecule has 0 radical (unpaired) electrons. The fourth-order valence-corrected chi connectivity index (χ4v) is 1.30. The molecule has 0 aromatic heterocycles. The molecule has 0 fully saturated rings. The van der Waals surface area contributed by atoms with Crippen molar-refractivity contribution in [3.8, 4) is 5.75 Å². The number of nitro groups is 1. The molecule has 7 nitrogen and oxygen atoms in total. The molecular formula is C6H4NNaO6S. The molecule has 0 heterocycles. The zero-order chi connectivity index (χ0) is 10.9. The van der Waals surface area contributed by atoms with Gasteiger partial charge in [-0.1, -0.05) is 0 Å². The summed E-state index contributed by atoms with van der Waals surface area (Å²) in [6.45, 7) is 0. The molecular weight excluding hydrogens is 237 g/mol. The van der Waals surface area contributed by atoms with Crippen LogP contribution in [0.2, 0.25) is 0 Å². The summed E-state index contributed by atoms with van der Waals surface area (Å²) in [5.41, 5.74) is -0.818. The van der Waals surface area contributed by atoms with Crippen LogP contribution in [0.15, 0.2) is 23.1 Å². The van der Waals surface area contributed by atoms with Crippen molar-refractivity contribution in [3.63, 3.8) is 0 Å². The monoisotopic (exact) mass is 241 g/mol. The number of rotatable bonds is 2. The molecule has 1 rings (SSSR count). The van der Waals surface area contributed by atoms with E-state index in [2.05, 4.69) is 0 Å². The van der Waals surface area contributed by atoms with Crippen LogP contribution in [0.1, 0.15) is 0 Å². The largest absolute Gasteiger partial charge is 1.00 e. The summed E-state index contributed by atoms with van der Waals surface area (Å²) in [4.78, 5) is 8.52. The molecule has 0 unspecified atom stereocenters. The van der Waals surface area contributed by atoms with Gasteiger partial charge in [-0.2, -0.15) is 0 Å². The first-order valence-electron chi connectivity index (χ1n) is 3.25. The number of phenolic OH excluding ortho intramolecular Hbond substituents is 1. The molecule has 76 valence electrons. The summed E-state index contributed by atoms with van der Waals surface area (Å²) in [5, 5.41) is 19.2. The van der Waals surface area contributed by atoms with Gasteiger partial charge in [0.15, 0.2) is 5.75 Å². The first-order valence-corrected chi connectivity index (χ1v) is 4.66. The molecule has 0 atom stereocenters. The molecule has 0 amide bonds. The third-order valence-corrected chi connectivity index (χ3v) is 2.26. The fourth-order valence-electron chi connectivity index (χ4n) is 0.805. The molecule has 0 aliphatic carbocycles. The number of benzene rings is 1. The van der Waals surface area contributed by atoms with Gasteiger partial charge < -0.3 is 9.66 Å². The van der Waals surface area contributed by atoms with Crippen LogP contribution in [-0.2, 0) is 10.1 Å². The maximum atomic E-state index is 10.5. The van der Waals surface area contributed by atoms with Gasteiger partial charge in [-0.15, -0.1) is 0 Å². The van der Waals surface area contributed by atoms with E-state index >= 15 is 0 Å². The van der Waals surface area contributed by atoms with Gasteiger partial charge >= 0.3 is 35.2 Å². The van der Waals surface area contributed by atoms with Gasteiger partial charge in [0.25, 0.3) is 0 Å². The molecule has 9 heteroatoms. The van der Waals surface area contributed by atoms with Crippen LogP contribution < -0.4 is 29.6 Å². The van der Waals surface area contributed by atoms with Crippen molar-refractivity contribution in [1.29, 1.82) is 0 Å². The minimum Gasteiger partial charge on any atom is -0.744 e. The molecule has 1 aromatic rings. The van der Waals surface area contributed by atoms with Gasteiger partial charge in [-0.05, 0) is 12.1 Å². The molecule has 0 spiro atoms. The van der Waals surface area contributed by atoms with E-state index in [0.717, 1.165) is 12.1 Å². The van der Waals surface area contributed by atoms with E-state index in [-0.39, 0.29) is 29.6 Å². The second kappa shape index (κ2) is 4.90. The summed E-state index contributed by atoms with van der Waals surface area (Å²) < 4.78 is 31.4. The first-order chi connectivity index (χ1) is 6.32. The van der Waals surface area contributed by atoms with Gasteiger partial charge in [0, 0.05) is 6.07 Å². The minimum absolute atomic E-state index is 0. The Hall–Kier alpha value is -0.670. The van der Waals surface area contributed by atoms with Crippen LogP contribution in [-0.4, -0.2) is 23.0 Å². The van der Waals surface area contributed by atoms with Crippen molar-refractivity contribution in [2.75, 3.05) is 0 Å². The normalized spacial score (nSPS) is 10.5. The minimum atomic E-state index is -4.74. The van der Waals surface area contributed by atoms with Crippen LogP contribution in [0.25, 0.3) is 0 Å². The predicted octanol–water partition coefficient (Wildman–Crippen LogP) is -2.79. The summed E-state index contributed by atoms with van der Waals surface area (Å²) in [6, 6.07) is 2.09. The molecule has 0 saturated heterocycles. The summed E-state index contributed by atoms with van der Waals surface area (Å²) in [5.74, 6) is -0.692. The molecule has 0 aliphatic heterocycles. The third kappa shape index (κ3) is 3.43. The van der Waals surface area contributed by atoms with E-state index < -0.39 is 31.4 Å². The Morgan fingerprint density at radius 3 is 2.27 bits per heavy atom.